The van der Waals surface area contributed by atoms with Crippen LogP contribution >= 0.6 is 22.6 Å². The van der Waals surface area contributed by atoms with Crippen LogP contribution in [0.3, 0.4) is 0 Å². The molecule has 0 saturated heterocycles. The lowest BCUT2D eigenvalue weighted by atomic mass is 10.1. The number of benzene rings is 1. The molecule has 0 fully saturated rings. The smallest absolute Gasteiger partial charge is 0.162 e. The second-order valence-electron chi connectivity index (χ2n) is 2.91. The van der Waals surface area contributed by atoms with E-state index in [0.29, 0.717) is 6.42 Å². The molecule has 70 valence electrons. The fourth-order valence-corrected chi connectivity index (χ4v) is 1.59. The third kappa shape index (κ3) is 2.69. The summed E-state index contributed by atoms with van der Waals surface area (Å²) in [6.45, 7) is 2.00. The molecule has 1 aromatic carbocycles. The summed E-state index contributed by atoms with van der Waals surface area (Å²) in [5.41, 5.74) is 7.14. The summed E-state index contributed by atoms with van der Waals surface area (Å²) in [5, 5.41) is 0. The van der Waals surface area contributed by atoms with Gasteiger partial charge in [0.25, 0.3) is 0 Å². The van der Waals surface area contributed by atoms with Crippen LogP contribution in [0, 0.1) is 3.57 Å². The molecule has 0 aliphatic rings. The minimum absolute atomic E-state index is 0.195. The number of hydrogen-bond donors (Lipinski definition) is 1. The maximum Gasteiger partial charge on any atom is 0.162 e. The van der Waals surface area contributed by atoms with Gasteiger partial charge in [0.1, 0.15) is 0 Å². The Morgan fingerprint density at radius 3 is 2.77 bits per heavy atom. The zero-order valence-electron chi connectivity index (χ0n) is 7.51. The summed E-state index contributed by atoms with van der Waals surface area (Å²) in [7, 11) is 0. The minimum atomic E-state index is 0.195. The highest BCUT2D eigenvalue weighted by Gasteiger charge is 2.05. The van der Waals surface area contributed by atoms with E-state index in [-0.39, 0.29) is 5.78 Å². The van der Waals surface area contributed by atoms with Crippen molar-refractivity contribution in [3.05, 3.63) is 27.3 Å². The zero-order valence-corrected chi connectivity index (χ0v) is 9.67. The predicted octanol–water partition coefficient (Wildman–Crippen LogP) is 2.86. The van der Waals surface area contributed by atoms with Gasteiger partial charge in [0, 0.05) is 21.2 Å². The van der Waals surface area contributed by atoms with Crippen molar-refractivity contribution >= 4 is 34.1 Å². The Kier molecular flexibility index (Phi) is 3.71. The molecule has 1 aromatic rings. The topological polar surface area (TPSA) is 43.1 Å². The van der Waals surface area contributed by atoms with E-state index < -0.39 is 0 Å². The lowest BCUT2D eigenvalue weighted by molar-refractivity contribution is 0.0981. The van der Waals surface area contributed by atoms with Crippen molar-refractivity contribution in [2.45, 2.75) is 19.8 Å². The number of nitrogens with two attached hydrogens (primary N) is 1. The molecule has 0 heterocycles. The van der Waals surface area contributed by atoms with Gasteiger partial charge in [0.15, 0.2) is 5.78 Å². The second-order valence-corrected chi connectivity index (χ2v) is 4.07. The largest absolute Gasteiger partial charge is 0.398 e. The van der Waals surface area contributed by atoms with Crippen LogP contribution in [0.4, 0.5) is 5.69 Å². The molecule has 0 aliphatic carbocycles. The summed E-state index contributed by atoms with van der Waals surface area (Å²) in [5.74, 6) is 0.195. The third-order valence-electron chi connectivity index (χ3n) is 1.80. The molecular weight excluding hydrogens is 277 g/mol. The molecule has 2 N–H and O–H groups in total. The van der Waals surface area contributed by atoms with Gasteiger partial charge in [-0.2, -0.15) is 0 Å². The van der Waals surface area contributed by atoms with Crippen molar-refractivity contribution in [3.8, 4) is 0 Å². The molecule has 0 amide bonds. The van der Waals surface area contributed by atoms with Crippen molar-refractivity contribution in [1.82, 2.24) is 0 Å². The quantitative estimate of drug-likeness (QED) is 0.528. The fraction of sp³-hybridized carbons (Fsp3) is 0.300. The first-order chi connectivity index (χ1) is 6.15. The Balaban J connectivity index is 2.90. The van der Waals surface area contributed by atoms with Gasteiger partial charge in [0.2, 0.25) is 0 Å². The van der Waals surface area contributed by atoms with Crippen molar-refractivity contribution < 1.29 is 4.79 Å². The first kappa shape index (κ1) is 10.5. The monoisotopic (exact) mass is 289 g/mol. The Hall–Kier alpha value is -0.580. The Morgan fingerprint density at radius 1 is 1.54 bits per heavy atom. The fourth-order valence-electron chi connectivity index (χ4n) is 1.07. The number of carbonyl (C=O) groups excluding carboxylic acids is 1. The van der Waals surface area contributed by atoms with Gasteiger partial charge in [-0.15, -0.1) is 0 Å². The number of hydrogen-bond acceptors (Lipinski definition) is 2. The summed E-state index contributed by atoms with van der Waals surface area (Å²) in [4.78, 5) is 11.5. The van der Waals surface area contributed by atoms with E-state index in [4.69, 9.17) is 5.73 Å². The van der Waals surface area contributed by atoms with Crippen LogP contribution in [0.5, 0.6) is 0 Å². The number of carbonyl (C=O) groups is 1. The van der Waals surface area contributed by atoms with Crippen LogP contribution in [0.2, 0.25) is 0 Å². The predicted molar refractivity (Wildman–Crippen MR) is 62.8 cm³/mol. The molecular formula is C10H12INO. The van der Waals surface area contributed by atoms with E-state index in [1.807, 2.05) is 13.0 Å². The van der Waals surface area contributed by atoms with Gasteiger partial charge in [0.05, 0.1) is 0 Å². The molecule has 0 atom stereocenters. The van der Waals surface area contributed by atoms with Crippen molar-refractivity contribution in [2.75, 3.05) is 5.73 Å². The molecule has 1 rings (SSSR count). The summed E-state index contributed by atoms with van der Waals surface area (Å²) >= 11 is 2.13. The highest BCUT2D eigenvalue weighted by atomic mass is 127. The summed E-state index contributed by atoms with van der Waals surface area (Å²) in [6.07, 6.45) is 1.50. The van der Waals surface area contributed by atoms with Gasteiger partial charge >= 0.3 is 0 Å². The van der Waals surface area contributed by atoms with E-state index in [9.17, 15) is 4.79 Å². The Morgan fingerprint density at radius 2 is 2.23 bits per heavy atom. The maximum atomic E-state index is 11.5. The number of rotatable bonds is 3. The molecule has 0 aliphatic heterocycles. The average molecular weight is 289 g/mol. The van der Waals surface area contributed by atoms with Crippen LogP contribution in [0.1, 0.15) is 30.1 Å². The lowest BCUT2D eigenvalue weighted by Gasteiger charge is -2.02. The SMILES string of the molecule is CCCC(=O)c1ccc(N)c(I)c1. The van der Waals surface area contributed by atoms with Crippen LogP contribution in [0.25, 0.3) is 0 Å². The van der Waals surface area contributed by atoms with Gasteiger partial charge in [-0.1, -0.05) is 6.92 Å². The Bertz CT molecular complexity index is 323. The summed E-state index contributed by atoms with van der Waals surface area (Å²) in [6, 6.07) is 5.41. The summed E-state index contributed by atoms with van der Waals surface area (Å²) < 4.78 is 0.944. The van der Waals surface area contributed by atoms with Gasteiger partial charge in [-0.25, -0.2) is 0 Å². The highest BCUT2D eigenvalue weighted by Crippen LogP contribution is 2.17. The standard InChI is InChI=1S/C10H12INO/c1-2-3-10(13)7-4-5-9(12)8(11)6-7/h4-6H,2-3,12H2,1H3. The van der Waals surface area contributed by atoms with Crippen molar-refractivity contribution in [2.24, 2.45) is 0 Å². The van der Waals surface area contributed by atoms with Crippen molar-refractivity contribution in [3.63, 3.8) is 0 Å². The zero-order chi connectivity index (χ0) is 9.84. The van der Waals surface area contributed by atoms with E-state index in [1.54, 1.807) is 12.1 Å². The molecule has 13 heavy (non-hydrogen) atoms. The first-order valence-electron chi connectivity index (χ1n) is 4.23. The number of ketones is 1. The molecule has 2 nitrogen and oxygen atoms in total. The molecule has 0 radical (unpaired) electrons. The highest BCUT2D eigenvalue weighted by molar-refractivity contribution is 14.1. The van der Waals surface area contributed by atoms with E-state index in [2.05, 4.69) is 22.6 Å². The van der Waals surface area contributed by atoms with Gasteiger partial charge in [-0.3, -0.25) is 4.79 Å². The van der Waals surface area contributed by atoms with Crippen molar-refractivity contribution in [1.29, 1.82) is 0 Å². The third-order valence-corrected chi connectivity index (χ3v) is 2.73. The average Bonchev–Trinajstić information content (AvgIpc) is 2.10. The van der Waals surface area contributed by atoms with Gasteiger partial charge in [-0.05, 0) is 47.2 Å². The van der Waals surface area contributed by atoms with Crippen LogP contribution in [-0.2, 0) is 0 Å². The number of halogens is 1. The molecule has 0 bridgehead atoms. The van der Waals surface area contributed by atoms with Gasteiger partial charge < -0.3 is 5.73 Å². The molecule has 3 heteroatoms. The number of nitrogen functional groups attached to an aromatic ring is 1. The van der Waals surface area contributed by atoms with E-state index in [0.717, 1.165) is 21.2 Å². The van der Waals surface area contributed by atoms with Crippen LogP contribution in [-0.4, -0.2) is 5.78 Å². The van der Waals surface area contributed by atoms with E-state index in [1.165, 1.54) is 0 Å². The maximum absolute atomic E-state index is 11.5. The molecule has 0 aromatic heterocycles. The number of anilines is 1. The van der Waals surface area contributed by atoms with E-state index >= 15 is 0 Å². The van der Waals surface area contributed by atoms with Crippen LogP contribution < -0.4 is 5.73 Å². The molecule has 0 spiro atoms. The van der Waals surface area contributed by atoms with Crippen LogP contribution in [0.15, 0.2) is 18.2 Å². The Labute approximate surface area is 91.7 Å². The number of Topliss-reactive ketones (excluding diaryl/α,β-unsaturated/α-hetero) is 1. The normalized spacial score (nSPS) is 10.0. The lowest BCUT2D eigenvalue weighted by Crippen LogP contribution is -1.99. The molecule has 0 unspecified atom stereocenters. The second kappa shape index (κ2) is 4.60. The minimum Gasteiger partial charge on any atom is -0.398 e. The first-order valence-corrected chi connectivity index (χ1v) is 5.31. The molecule has 0 saturated carbocycles.